The first-order valence-corrected chi connectivity index (χ1v) is 6.27. The fourth-order valence-corrected chi connectivity index (χ4v) is 1.37. The average Bonchev–Trinajstić information content (AvgIpc) is 2.01. The van der Waals surface area contributed by atoms with Crippen LogP contribution in [0.25, 0.3) is 0 Å². The molecular formula is C8H18O4S. The largest absolute Gasteiger partial charge is 0.378 e. The van der Waals surface area contributed by atoms with Crippen molar-refractivity contribution in [1.82, 2.24) is 0 Å². The molecule has 0 heterocycles. The molecule has 1 unspecified atom stereocenters. The van der Waals surface area contributed by atoms with Crippen molar-refractivity contribution >= 4 is 10.1 Å². The molecule has 0 saturated carbocycles. The molecule has 0 saturated heterocycles. The van der Waals surface area contributed by atoms with Gasteiger partial charge in [-0.15, -0.1) is 0 Å². The Labute approximate surface area is 80.4 Å². The van der Waals surface area contributed by atoms with Crippen molar-refractivity contribution in [2.45, 2.75) is 32.8 Å². The molecular weight excluding hydrogens is 192 g/mol. The summed E-state index contributed by atoms with van der Waals surface area (Å²) in [5.74, 6) is 0. The van der Waals surface area contributed by atoms with E-state index in [-0.39, 0.29) is 12.7 Å². The highest BCUT2D eigenvalue weighted by atomic mass is 32.2. The van der Waals surface area contributed by atoms with E-state index in [1.807, 2.05) is 13.8 Å². The van der Waals surface area contributed by atoms with E-state index in [4.69, 9.17) is 4.74 Å². The number of rotatable bonds is 7. The molecule has 0 fully saturated rings. The molecule has 0 aromatic heterocycles. The van der Waals surface area contributed by atoms with Gasteiger partial charge in [0.2, 0.25) is 0 Å². The quantitative estimate of drug-likeness (QED) is 0.592. The molecule has 5 heteroatoms. The van der Waals surface area contributed by atoms with Crippen molar-refractivity contribution in [1.29, 1.82) is 0 Å². The molecule has 4 nitrogen and oxygen atoms in total. The third kappa shape index (κ3) is 8.21. The van der Waals surface area contributed by atoms with Gasteiger partial charge in [-0.1, -0.05) is 6.92 Å². The highest BCUT2D eigenvalue weighted by Crippen LogP contribution is 2.04. The van der Waals surface area contributed by atoms with E-state index in [2.05, 4.69) is 4.18 Å². The molecule has 0 aromatic carbocycles. The molecule has 1 atom stereocenters. The van der Waals surface area contributed by atoms with Crippen LogP contribution >= 0.6 is 0 Å². The first-order chi connectivity index (χ1) is 5.99. The highest BCUT2D eigenvalue weighted by Gasteiger charge is 2.07. The monoisotopic (exact) mass is 210 g/mol. The van der Waals surface area contributed by atoms with Crippen LogP contribution in [0.1, 0.15) is 26.7 Å². The Bertz CT molecular complexity index is 210. The summed E-state index contributed by atoms with van der Waals surface area (Å²) in [4.78, 5) is 0. The molecule has 80 valence electrons. The summed E-state index contributed by atoms with van der Waals surface area (Å²) in [7, 11) is -3.30. The third-order valence-electron chi connectivity index (χ3n) is 1.59. The smallest absolute Gasteiger partial charge is 0.264 e. The number of hydrogen-bond donors (Lipinski definition) is 0. The van der Waals surface area contributed by atoms with E-state index in [1.165, 1.54) is 0 Å². The summed E-state index contributed by atoms with van der Waals surface area (Å²) in [6, 6.07) is 0. The van der Waals surface area contributed by atoms with Gasteiger partial charge in [-0.05, 0) is 19.8 Å². The molecule has 0 spiro atoms. The number of hydrogen-bond acceptors (Lipinski definition) is 4. The zero-order chi connectivity index (χ0) is 10.3. The maximum atomic E-state index is 10.6. The number of ether oxygens (including phenoxy) is 1. The van der Waals surface area contributed by atoms with E-state index in [1.54, 1.807) is 0 Å². The summed E-state index contributed by atoms with van der Waals surface area (Å²) >= 11 is 0. The van der Waals surface area contributed by atoms with Crippen LogP contribution in [-0.4, -0.2) is 34.0 Å². The van der Waals surface area contributed by atoms with Gasteiger partial charge in [0, 0.05) is 6.61 Å². The van der Waals surface area contributed by atoms with Gasteiger partial charge in [-0.3, -0.25) is 4.18 Å². The Kier molecular flexibility index (Phi) is 6.28. The van der Waals surface area contributed by atoms with E-state index in [9.17, 15) is 8.42 Å². The second-order valence-electron chi connectivity index (χ2n) is 2.80. The van der Waals surface area contributed by atoms with Crippen LogP contribution in [0.5, 0.6) is 0 Å². The minimum absolute atomic E-state index is 0.103. The van der Waals surface area contributed by atoms with E-state index in [0.717, 1.165) is 12.7 Å². The summed E-state index contributed by atoms with van der Waals surface area (Å²) in [5, 5.41) is 0. The zero-order valence-corrected chi connectivity index (χ0v) is 9.26. The van der Waals surface area contributed by atoms with Crippen LogP contribution in [0, 0.1) is 0 Å². The fourth-order valence-electron chi connectivity index (χ4n) is 0.972. The van der Waals surface area contributed by atoms with E-state index >= 15 is 0 Å². The van der Waals surface area contributed by atoms with Crippen molar-refractivity contribution in [3.63, 3.8) is 0 Å². The second kappa shape index (κ2) is 6.34. The minimum atomic E-state index is -3.30. The van der Waals surface area contributed by atoms with Crippen LogP contribution < -0.4 is 0 Å². The molecule has 0 aromatic rings. The lowest BCUT2D eigenvalue weighted by molar-refractivity contribution is 0.0450. The standard InChI is InChI=1S/C8H18O4S/c1-4-8(11-5-2)6-7-12-13(3,9)10/h8H,4-7H2,1-3H3. The van der Waals surface area contributed by atoms with Gasteiger partial charge in [0.1, 0.15) is 0 Å². The summed E-state index contributed by atoms with van der Waals surface area (Å²) in [6.45, 7) is 4.77. The highest BCUT2D eigenvalue weighted by molar-refractivity contribution is 7.85. The Hall–Kier alpha value is -0.130. The van der Waals surface area contributed by atoms with Gasteiger partial charge in [0.15, 0.2) is 0 Å². The first-order valence-electron chi connectivity index (χ1n) is 4.45. The maximum Gasteiger partial charge on any atom is 0.264 e. The van der Waals surface area contributed by atoms with Crippen LogP contribution in [-0.2, 0) is 19.0 Å². The van der Waals surface area contributed by atoms with Crippen molar-refractivity contribution in [3.05, 3.63) is 0 Å². The van der Waals surface area contributed by atoms with Gasteiger partial charge in [-0.2, -0.15) is 8.42 Å². The van der Waals surface area contributed by atoms with Crippen LogP contribution in [0.4, 0.5) is 0 Å². The predicted molar refractivity (Wildman–Crippen MR) is 51.1 cm³/mol. The first kappa shape index (κ1) is 12.9. The topological polar surface area (TPSA) is 52.6 Å². The van der Waals surface area contributed by atoms with E-state index < -0.39 is 10.1 Å². The van der Waals surface area contributed by atoms with E-state index in [0.29, 0.717) is 13.0 Å². The van der Waals surface area contributed by atoms with Gasteiger partial charge < -0.3 is 4.74 Å². The average molecular weight is 210 g/mol. The third-order valence-corrected chi connectivity index (χ3v) is 2.19. The molecule has 0 radical (unpaired) electrons. The Balaban J connectivity index is 3.61. The molecule has 0 N–H and O–H groups in total. The summed E-state index contributed by atoms with van der Waals surface area (Å²) in [6.07, 6.45) is 2.65. The zero-order valence-electron chi connectivity index (χ0n) is 8.45. The van der Waals surface area contributed by atoms with Gasteiger partial charge in [0.05, 0.1) is 19.0 Å². The van der Waals surface area contributed by atoms with Crippen molar-refractivity contribution in [2.75, 3.05) is 19.5 Å². The summed E-state index contributed by atoms with van der Waals surface area (Å²) in [5.41, 5.74) is 0. The van der Waals surface area contributed by atoms with Crippen molar-refractivity contribution in [3.8, 4) is 0 Å². The lowest BCUT2D eigenvalue weighted by Gasteiger charge is -2.13. The van der Waals surface area contributed by atoms with Gasteiger partial charge >= 0.3 is 0 Å². The van der Waals surface area contributed by atoms with Gasteiger partial charge in [-0.25, -0.2) is 0 Å². The molecule has 0 bridgehead atoms. The van der Waals surface area contributed by atoms with Crippen LogP contribution in [0.3, 0.4) is 0 Å². The Morgan fingerprint density at radius 1 is 1.31 bits per heavy atom. The van der Waals surface area contributed by atoms with Crippen molar-refractivity contribution in [2.24, 2.45) is 0 Å². The van der Waals surface area contributed by atoms with Gasteiger partial charge in [0.25, 0.3) is 10.1 Å². The maximum absolute atomic E-state index is 10.6. The lowest BCUT2D eigenvalue weighted by atomic mass is 10.2. The normalized spacial score (nSPS) is 14.4. The molecule has 0 aliphatic heterocycles. The minimum Gasteiger partial charge on any atom is -0.378 e. The predicted octanol–water partition coefficient (Wildman–Crippen LogP) is 1.17. The molecule has 13 heavy (non-hydrogen) atoms. The Morgan fingerprint density at radius 3 is 2.31 bits per heavy atom. The molecule has 0 rings (SSSR count). The summed E-state index contributed by atoms with van der Waals surface area (Å²) < 4.78 is 31.1. The fraction of sp³-hybridized carbons (Fsp3) is 1.00. The molecule has 0 aliphatic rings. The molecule has 0 amide bonds. The van der Waals surface area contributed by atoms with Crippen LogP contribution in [0.2, 0.25) is 0 Å². The van der Waals surface area contributed by atoms with Crippen LogP contribution in [0.15, 0.2) is 0 Å². The Morgan fingerprint density at radius 2 is 1.92 bits per heavy atom. The SMILES string of the molecule is CCOC(CC)CCOS(C)(=O)=O. The lowest BCUT2D eigenvalue weighted by Crippen LogP contribution is -2.16. The van der Waals surface area contributed by atoms with Crippen molar-refractivity contribution < 1.29 is 17.3 Å². The molecule has 0 aliphatic carbocycles. The second-order valence-corrected chi connectivity index (χ2v) is 4.44.